The summed E-state index contributed by atoms with van der Waals surface area (Å²) >= 11 is 0. The van der Waals surface area contributed by atoms with Gasteiger partial charge in [0.05, 0.1) is 22.8 Å². The standard InChI is InChI=1S/C33H45FN2O7/c1-3-5-7-9-23-12-14-24(15-13-23)10-8-20-41-25-16-18-26(19-17-25)42-32(37)27-21-30(36(39)40)31(22-29(27)35)43-33(38)28(34)11-6-4-2/h16-19,21-24,28H,3-15,20,35H2,1-2H3/t23-,24-,28-/m1/s1. The van der Waals surface area contributed by atoms with Crippen molar-refractivity contribution in [1.29, 1.82) is 0 Å². The normalized spacial score (nSPS) is 17.2. The second-order valence-corrected chi connectivity index (χ2v) is 11.4. The minimum Gasteiger partial charge on any atom is -0.494 e. The molecular weight excluding hydrogens is 555 g/mol. The van der Waals surface area contributed by atoms with E-state index in [0.717, 1.165) is 36.8 Å². The van der Waals surface area contributed by atoms with Gasteiger partial charge in [0.15, 0.2) is 6.17 Å². The Morgan fingerprint density at radius 2 is 1.53 bits per heavy atom. The van der Waals surface area contributed by atoms with E-state index in [1.807, 2.05) is 6.92 Å². The zero-order valence-electron chi connectivity index (χ0n) is 25.4. The van der Waals surface area contributed by atoms with Crippen molar-refractivity contribution in [2.24, 2.45) is 11.8 Å². The van der Waals surface area contributed by atoms with Gasteiger partial charge in [-0.25, -0.2) is 14.0 Å². The highest BCUT2D eigenvalue weighted by molar-refractivity contribution is 5.98. The third-order valence-corrected chi connectivity index (χ3v) is 8.07. The second kappa shape index (κ2) is 17.4. The van der Waals surface area contributed by atoms with Gasteiger partial charge in [0.1, 0.15) is 11.5 Å². The molecule has 1 aliphatic rings. The first-order chi connectivity index (χ1) is 20.7. The summed E-state index contributed by atoms with van der Waals surface area (Å²) in [6, 6.07) is 8.30. The molecule has 0 radical (unpaired) electrons. The van der Waals surface area contributed by atoms with Crippen molar-refractivity contribution < 1.29 is 33.1 Å². The summed E-state index contributed by atoms with van der Waals surface area (Å²) in [7, 11) is 0. The maximum Gasteiger partial charge on any atom is 0.346 e. The molecule has 2 aromatic rings. The molecule has 1 atom stereocenters. The summed E-state index contributed by atoms with van der Waals surface area (Å²) in [6.07, 6.45) is 12.0. The molecule has 2 N–H and O–H groups in total. The van der Waals surface area contributed by atoms with Crippen LogP contribution in [0.1, 0.15) is 108 Å². The van der Waals surface area contributed by atoms with Crippen molar-refractivity contribution >= 4 is 23.3 Å². The van der Waals surface area contributed by atoms with Crippen LogP contribution in [0.2, 0.25) is 0 Å². The number of carbonyl (C=O) groups is 2. The van der Waals surface area contributed by atoms with Gasteiger partial charge in [0.25, 0.3) is 0 Å². The molecule has 0 saturated heterocycles. The SMILES string of the molecule is CCCCC[C@H]1CC[C@H](CCCOc2ccc(OC(=O)c3cc([N+](=O)[O-])c(OC(=O)[C@H](F)CCCC)cc3N)cc2)CC1. The minimum absolute atomic E-state index is 0.0625. The second-order valence-electron chi connectivity index (χ2n) is 11.4. The lowest BCUT2D eigenvalue weighted by atomic mass is 9.78. The predicted molar refractivity (Wildman–Crippen MR) is 163 cm³/mol. The van der Waals surface area contributed by atoms with Crippen molar-refractivity contribution in [3.8, 4) is 17.2 Å². The smallest absolute Gasteiger partial charge is 0.346 e. The summed E-state index contributed by atoms with van der Waals surface area (Å²) in [4.78, 5) is 35.6. The molecule has 1 saturated carbocycles. The number of benzene rings is 2. The Bertz CT molecular complexity index is 1200. The molecule has 43 heavy (non-hydrogen) atoms. The number of nitro benzene ring substituents is 1. The van der Waals surface area contributed by atoms with Crippen LogP contribution in [0.3, 0.4) is 0 Å². The number of nitro groups is 1. The fourth-order valence-corrected chi connectivity index (χ4v) is 5.48. The van der Waals surface area contributed by atoms with Gasteiger partial charge in [-0.3, -0.25) is 10.1 Å². The zero-order valence-corrected chi connectivity index (χ0v) is 25.4. The van der Waals surface area contributed by atoms with Gasteiger partial charge in [-0.2, -0.15) is 0 Å². The third kappa shape index (κ3) is 10.8. The van der Waals surface area contributed by atoms with E-state index in [-0.39, 0.29) is 23.4 Å². The van der Waals surface area contributed by atoms with Gasteiger partial charge in [-0.15, -0.1) is 0 Å². The molecule has 0 bridgehead atoms. The summed E-state index contributed by atoms with van der Waals surface area (Å²) in [5.41, 5.74) is 4.72. The van der Waals surface area contributed by atoms with Crippen LogP contribution in [0.4, 0.5) is 15.8 Å². The summed E-state index contributed by atoms with van der Waals surface area (Å²) < 4.78 is 30.2. The fourth-order valence-electron chi connectivity index (χ4n) is 5.48. The highest BCUT2D eigenvalue weighted by atomic mass is 19.1. The van der Waals surface area contributed by atoms with Crippen LogP contribution in [0.15, 0.2) is 36.4 Å². The van der Waals surface area contributed by atoms with Crippen LogP contribution in [0.25, 0.3) is 0 Å². The maximum atomic E-state index is 14.0. The molecule has 2 aromatic carbocycles. The predicted octanol–water partition coefficient (Wildman–Crippen LogP) is 8.38. The summed E-state index contributed by atoms with van der Waals surface area (Å²) in [6.45, 7) is 4.70. The van der Waals surface area contributed by atoms with E-state index in [1.54, 1.807) is 24.3 Å². The van der Waals surface area contributed by atoms with Crippen LogP contribution >= 0.6 is 0 Å². The monoisotopic (exact) mass is 600 g/mol. The molecule has 1 fully saturated rings. The van der Waals surface area contributed by atoms with Crippen molar-refractivity contribution in [1.82, 2.24) is 0 Å². The van der Waals surface area contributed by atoms with Crippen LogP contribution in [-0.2, 0) is 4.79 Å². The fraction of sp³-hybridized carbons (Fsp3) is 0.576. The Morgan fingerprint density at radius 1 is 0.930 bits per heavy atom. The van der Waals surface area contributed by atoms with Gasteiger partial charge in [-0.05, 0) is 55.4 Å². The number of halogens is 1. The number of anilines is 1. The molecule has 0 aromatic heterocycles. The van der Waals surface area contributed by atoms with Crippen molar-refractivity contribution in [2.75, 3.05) is 12.3 Å². The van der Waals surface area contributed by atoms with E-state index in [1.165, 1.54) is 51.4 Å². The quantitative estimate of drug-likeness (QED) is 0.0478. The Balaban J connectivity index is 1.48. The molecule has 1 aliphatic carbocycles. The molecule has 236 valence electrons. The average Bonchev–Trinajstić information content (AvgIpc) is 2.99. The molecular formula is C33H45FN2O7. The van der Waals surface area contributed by atoms with Gasteiger partial charge in [0.2, 0.25) is 5.75 Å². The van der Waals surface area contributed by atoms with E-state index >= 15 is 0 Å². The Morgan fingerprint density at radius 3 is 2.14 bits per heavy atom. The number of hydrogen-bond acceptors (Lipinski definition) is 8. The van der Waals surface area contributed by atoms with Crippen LogP contribution < -0.4 is 19.9 Å². The number of nitrogens with two attached hydrogens (primary N) is 1. The lowest BCUT2D eigenvalue weighted by molar-refractivity contribution is -0.385. The van der Waals surface area contributed by atoms with E-state index in [4.69, 9.17) is 19.9 Å². The van der Waals surface area contributed by atoms with E-state index in [9.17, 15) is 24.1 Å². The van der Waals surface area contributed by atoms with Gasteiger partial charge < -0.3 is 19.9 Å². The number of alkyl halides is 1. The molecule has 0 unspecified atom stereocenters. The number of nitrogen functional groups attached to an aromatic ring is 1. The molecule has 3 rings (SSSR count). The first-order valence-corrected chi connectivity index (χ1v) is 15.6. The van der Waals surface area contributed by atoms with E-state index in [2.05, 4.69) is 6.92 Å². The van der Waals surface area contributed by atoms with Crippen LogP contribution in [0, 0.1) is 22.0 Å². The van der Waals surface area contributed by atoms with Gasteiger partial charge in [0, 0.05) is 12.1 Å². The Hall–Kier alpha value is -3.69. The lowest BCUT2D eigenvalue weighted by Gasteiger charge is -2.28. The third-order valence-electron chi connectivity index (χ3n) is 8.07. The number of nitrogens with zero attached hydrogens (tertiary/aromatic N) is 1. The number of rotatable bonds is 17. The molecule has 10 heteroatoms. The first-order valence-electron chi connectivity index (χ1n) is 15.6. The number of hydrogen-bond donors (Lipinski definition) is 1. The number of ether oxygens (including phenoxy) is 3. The van der Waals surface area contributed by atoms with Gasteiger partial charge in [-0.1, -0.05) is 78.1 Å². The number of esters is 2. The molecule has 9 nitrogen and oxygen atoms in total. The number of unbranched alkanes of at least 4 members (excludes halogenated alkanes) is 3. The highest BCUT2D eigenvalue weighted by Gasteiger charge is 2.27. The molecule has 0 spiro atoms. The summed E-state index contributed by atoms with van der Waals surface area (Å²) in [5, 5.41) is 11.6. The first kappa shape index (κ1) is 33.8. The molecule has 0 amide bonds. The van der Waals surface area contributed by atoms with E-state index in [0.29, 0.717) is 25.2 Å². The Labute approximate surface area is 253 Å². The maximum absolute atomic E-state index is 14.0. The van der Waals surface area contributed by atoms with Gasteiger partial charge >= 0.3 is 17.6 Å². The minimum atomic E-state index is -1.93. The van der Waals surface area contributed by atoms with Crippen molar-refractivity contribution in [3.63, 3.8) is 0 Å². The summed E-state index contributed by atoms with van der Waals surface area (Å²) in [5.74, 6) is -0.198. The van der Waals surface area contributed by atoms with Crippen LogP contribution in [0.5, 0.6) is 17.2 Å². The van der Waals surface area contributed by atoms with E-state index < -0.39 is 34.5 Å². The number of carbonyl (C=O) groups excluding carboxylic acids is 2. The topological polar surface area (TPSA) is 131 Å². The molecule has 0 aliphatic heterocycles. The lowest BCUT2D eigenvalue weighted by Crippen LogP contribution is -2.22. The van der Waals surface area contributed by atoms with Crippen molar-refractivity contribution in [3.05, 3.63) is 52.1 Å². The van der Waals surface area contributed by atoms with Crippen molar-refractivity contribution in [2.45, 2.75) is 103 Å². The molecule has 0 heterocycles. The highest BCUT2D eigenvalue weighted by Crippen LogP contribution is 2.35. The Kier molecular flexibility index (Phi) is 13.7. The zero-order chi connectivity index (χ0) is 31.2. The van der Waals surface area contributed by atoms with Crippen LogP contribution in [-0.4, -0.2) is 29.6 Å². The largest absolute Gasteiger partial charge is 0.494 e. The average molecular weight is 601 g/mol.